The molecule has 0 saturated carbocycles. The second kappa shape index (κ2) is 6.09. The maximum Gasteiger partial charge on any atom is 0.105 e. The van der Waals surface area contributed by atoms with Crippen molar-refractivity contribution in [1.29, 1.82) is 0 Å². The van der Waals surface area contributed by atoms with Crippen LogP contribution < -0.4 is 0 Å². The number of halogens is 4. The highest BCUT2D eigenvalue weighted by molar-refractivity contribution is 14.1. The van der Waals surface area contributed by atoms with Crippen molar-refractivity contribution >= 4 is 61.7 Å². The van der Waals surface area contributed by atoms with Crippen LogP contribution >= 0.6 is 61.7 Å². The molecular formula is C13H8BrCl2IO. The molecule has 0 aliphatic heterocycles. The molecule has 0 aromatic heterocycles. The van der Waals surface area contributed by atoms with Crippen molar-refractivity contribution < 1.29 is 5.11 Å². The highest BCUT2D eigenvalue weighted by atomic mass is 127. The van der Waals surface area contributed by atoms with Crippen molar-refractivity contribution in [3.05, 3.63) is 65.6 Å². The minimum absolute atomic E-state index is 0.443. The summed E-state index contributed by atoms with van der Waals surface area (Å²) in [7, 11) is 0. The van der Waals surface area contributed by atoms with Gasteiger partial charge in [0, 0.05) is 8.04 Å². The lowest BCUT2D eigenvalue weighted by molar-refractivity contribution is 0.219. The molecule has 5 heteroatoms. The summed E-state index contributed by atoms with van der Waals surface area (Å²) in [5.74, 6) is 0. The molecule has 1 N–H and O–H groups in total. The van der Waals surface area contributed by atoms with Crippen LogP contribution in [-0.4, -0.2) is 5.11 Å². The van der Waals surface area contributed by atoms with Crippen molar-refractivity contribution in [1.82, 2.24) is 0 Å². The zero-order valence-corrected chi connectivity index (χ0v) is 14.3. The third-order valence-corrected chi connectivity index (χ3v) is 4.73. The summed E-state index contributed by atoms with van der Waals surface area (Å²) in [5.41, 5.74) is 1.56. The van der Waals surface area contributed by atoms with Crippen LogP contribution in [0.3, 0.4) is 0 Å². The number of rotatable bonds is 2. The van der Waals surface area contributed by atoms with Gasteiger partial charge in [-0.3, -0.25) is 0 Å². The van der Waals surface area contributed by atoms with E-state index in [1.165, 1.54) is 0 Å². The van der Waals surface area contributed by atoms with E-state index < -0.39 is 6.10 Å². The molecule has 0 aliphatic carbocycles. The first-order chi connectivity index (χ1) is 8.49. The third kappa shape index (κ3) is 3.20. The van der Waals surface area contributed by atoms with E-state index in [9.17, 15) is 5.11 Å². The second-order valence-corrected chi connectivity index (χ2v) is 6.63. The van der Waals surface area contributed by atoms with Gasteiger partial charge in [0.25, 0.3) is 0 Å². The molecule has 0 heterocycles. The molecule has 0 bridgehead atoms. The van der Waals surface area contributed by atoms with Gasteiger partial charge in [-0.25, -0.2) is 0 Å². The van der Waals surface area contributed by atoms with E-state index in [1.807, 2.05) is 18.2 Å². The highest BCUT2D eigenvalue weighted by Gasteiger charge is 2.15. The Balaban J connectivity index is 2.44. The van der Waals surface area contributed by atoms with Gasteiger partial charge < -0.3 is 5.11 Å². The first-order valence-electron chi connectivity index (χ1n) is 5.07. The Bertz CT molecular complexity index is 589. The molecule has 0 aliphatic rings. The van der Waals surface area contributed by atoms with Crippen LogP contribution in [0.1, 0.15) is 17.2 Å². The first-order valence-corrected chi connectivity index (χ1v) is 7.70. The molecule has 0 saturated heterocycles. The average molecular weight is 458 g/mol. The van der Waals surface area contributed by atoms with E-state index in [4.69, 9.17) is 23.2 Å². The summed E-state index contributed by atoms with van der Waals surface area (Å²) in [6.07, 6.45) is -0.718. The van der Waals surface area contributed by atoms with Crippen LogP contribution in [0.5, 0.6) is 0 Å². The first kappa shape index (κ1) is 14.6. The van der Waals surface area contributed by atoms with E-state index >= 15 is 0 Å². The SMILES string of the molecule is OC(c1ccc(Cl)c(Cl)c1)c1cc(Br)ccc1I. The van der Waals surface area contributed by atoms with Gasteiger partial charge in [0.1, 0.15) is 6.10 Å². The summed E-state index contributed by atoms with van der Waals surface area (Å²) >= 11 is 17.4. The number of hydrogen-bond acceptors (Lipinski definition) is 1. The van der Waals surface area contributed by atoms with Gasteiger partial charge >= 0.3 is 0 Å². The average Bonchev–Trinajstić information content (AvgIpc) is 2.35. The van der Waals surface area contributed by atoms with Gasteiger partial charge in [-0.1, -0.05) is 45.2 Å². The smallest absolute Gasteiger partial charge is 0.105 e. The largest absolute Gasteiger partial charge is 0.384 e. The lowest BCUT2D eigenvalue weighted by atomic mass is 10.0. The fraction of sp³-hybridized carbons (Fsp3) is 0.0769. The van der Waals surface area contributed by atoms with Crippen molar-refractivity contribution in [2.75, 3.05) is 0 Å². The molecule has 2 aromatic carbocycles. The van der Waals surface area contributed by atoms with Crippen LogP contribution in [0.25, 0.3) is 0 Å². The molecule has 0 radical (unpaired) electrons. The third-order valence-electron chi connectivity index (χ3n) is 2.51. The van der Waals surface area contributed by atoms with Crippen molar-refractivity contribution in [3.8, 4) is 0 Å². The number of hydrogen-bond donors (Lipinski definition) is 1. The lowest BCUT2D eigenvalue weighted by Gasteiger charge is -2.14. The quantitative estimate of drug-likeness (QED) is 0.595. The Morgan fingerprint density at radius 3 is 2.44 bits per heavy atom. The van der Waals surface area contributed by atoms with Gasteiger partial charge in [0.05, 0.1) is 10.0 Å². The zero-order chi connectivity index (χ0) is 13.3. The summed E-state index contributed by atoms with van der Waals surface area (Å²) < 4.78 is 1.92. The van der Waals surface area contributed by atoms with Gasteiger partial charge in [-0.2, -0.15) is 0 Å². The van der Waals surface area contributed by atoms with Gasteiger partial charge in [-0.15, -0.1) is 0 Å². The molecular weight excluding hydrogens is 450 g/mol. The summed E-state index contributed by atoms with van der Waals surface area (Å²) in [6.45, 7) is 0. The summed E-state index contributed by atoms with van der Waals surface area (Å²) in [4.78, 5) is 0. The molecule has 1 atom stereocenters. The van der Waals surface area contributed by atoms with Crippen molar-refractivity contribution in [2.24, 2.45) is 0 Å². The Morgan fingerprint density at radius 2 is 1.78 bits per heavy atom. The van der Waals surface area contributed by atoms with E-state index in [1.54, 1.807) is 18.2 Å². The predicted molar refractivity (Wildman–Crippen MR) is 87.4 cm³/mol. The lowest BCUT2D eigenvalue weighted by Crippen LogP contribution is -2.02. The van der Waals surface area contributed by atoms with Crippen LogP contribution in [0.15, 0.2) is 40.9 Å². The van der Waals surface area contributed by atoms with Gasteiger partial charge in [0.15, 0.2) is 0 Å². The normalized spacial score (nSPS) is 12.5. The van der Waals surface area contributed by atoms with Crippen molar-refractivity contribution in [2.45, 2.75) is 6.10 Å². The van der Waals surface area contributed by atoms with Gasteiger partial charge in [-0.05, 0) is 64.0 Å². The van der Waals surface area contributed by atoms with Crippen LogP contribution in [0.2, 0.25) is 10.0 Å². The minimum atomic E-state index is -0.718. The van der Waals surface area contributed by atoms with E-state index in [0.717, 1.165) is 19.2 Å². The predicted octanol–water partition coefficient (Wildman–Crippen LogP) is 5.44. The van der Waals surface area contributed by atoms with E-state index in [0.29, 0.717) is 10.0 Å². The minimum Gasteiger partial charge on any atom is -0.384 e. The summed E-state index contributed by atoms with van der Waals surface area (Å²) in [5, 5.41) is 11.3. The maximum atomic E-state index is 10.4. The molecule has 2 rings (SSSR count). The number of aliphatic hydroxyl groups is 1. The van der Waals surface area contributed by atoms with Gasteiger partial charge in [0.2, 0.25) is 0 Å². The highest BCUT2D eigenvalue weighted by Crippen LogP contribution is 2.32. The zero-order valence-electron chi connectivity index (χ0n) is 9.00. The van der Waals surface area contributed by atoms with E-state index in [2.05, 4.69) is 38.5 Å². The fourth-order valence-corrected chi connectivity index (χ4v) is 2.90. The molecule has 0 spiro atoms. The molecule has 2 aromatic rings. The monoisotopic (exact) mass is 456 g/mol. The fourth-order valence-electron chi connectivity index (χ4n) is 1.59. The molecule has 1 unspecified atom stereocenters. The Kier molecular flexibility index (Phi) is 4.94. The Morgan fingerprint density at radius 1 is 1.06 bits per heavy atom. The summed E-state index contributed by atoms with van der Waals surface area (Å²) in [6, 6.07) is 10.9. The van der Waals surface area contributed by atoms with Crippen LogP contribution in [0.4, 0.5) is 0 Å². The number of aliphatic hydroxyl groups excluding tert-OH is 1. The van der Waals surface area contributed by atoms with Crippen molar-refractivity contribution in [3.63, 3.8) is 0 Å². The second-order valence-electron chi connectivity index (χ2n) is 3.74. The number of benzene rings is 2. The topological polar surface area (TPSA) is 20.2 Å². The Hall–Kier alpha value is 0.190. The molecule has 0 amide bonds. The standard InChI is InChI=1S/C13H8BrCl2IO/c14-8-2-4-12(17)9(6-8)13(18)7-1-3-10(15)11(16)5-7/h1-6,13,18H. The molecule has 18 heavy (non-hydrogen) atoms. The maximum absolute atomic E-state index is 10.4. The molecule has 94 valence electrons. The Labute approximate surface area is 137 Å². The van der Waals surface area contributed by atoms with Crippen LogP contribution in [-0.2, 0) is 0 Å². The van der Waals surface area contributed by atoms with E-state index in [-0.39, 0.29) is 0 Å². The molecule has 0 fully saturated rings. The van der Waals surface area contributed by atoms with Crippen LogP contribution in [0, 0.1) is 3.57 Å². The molecule has 1 nitrogen and oxygen atoms in total.